The number of hydrogen-bond acceptors (Lipinski definition) is 5. The molecule has 2 heterocycles. The summed E-state index contributed by atoms with van der Waals surface area (Å²) >= 11 is 0. The van der Waals surface area contributed by atoms with E-state index in [-0.39, 0.29) is 5.48 Å². The lowest BCUT2D eigenvalue weighted by Crippen LogP contribution is -2.14. The van der Waals surface area contributed by atoms with Crippen LogP contribution in [-0.2, 0) is 4.57 Å². The van der Waals surface area contributed by atoms with E-state index < -0.39 is 20.1 Å². The summed E-state index contributed by atoms with van der Waals surface area (Å²) in [4.78, 5) is 43.3. The van der Waals surface area contributed by atoms with E-state index >= 15 is 0 Å². The molecule has 2 aromatic rings. The smallest absolute Gasteiger partial charge is 0.276 e. The number of rotatable bonds is 2. The lowest BCUT2D eigenvalue weighted by Gasteiger charge is -1.84. The molecule has 124 valence electrons. The Morgan fingerprint density at radius 2 is 1.22 bits per heavy atom. The molecule has 0 aliphatic rings. The monoisotopic (exact) mass is 343 g/mol. The molecule has 23 heavy (non-hydrogen) atoms. The molecule has 0 fully saturated rings. The van der Waals surface area contributed by atoms with E-state index in [4.69, 9.17) is 25.8 Å². The van der Waals surface area contributed by atoms with Crippen molar-refractivity contribution < 1.29 is 39.4 Å². The van der Waals surface area contributed by atoms with Crippen LogP contribution in [-0.4, -0.2) is 17.3 Å². The molecule has 2 amide bonds. The van der Waals surface area contributed by atoms with Gasteiger partial charge in [0.25, 0.3) is 20.1 Å². The summed E-state index contributed by atoms with van der Waals surface area (Å²) in [6.07, 6.45) is 6.55. The summed E-state index contributed by atoms with van der Waals surface area (Å²) in [5.41, 5.74) is 10.9. The second kappa shape index (κ2) is 12.9. The lowest BCUT2D eigenvalue weighted by atomic mass is 10.3. The van der Waals surface area contributed by atoms with Crippen molar-refractivity contribution in [2.45, 2.75) is 0 Å². The van der Waals surface area contributed by atoms with Gasteiger partial charge in [-0.25, -0.2) is 9.97 Å². The van der Waals surface area contributed by atoms with Crippen LogP contribution in [0.15, 0.2) is 49.1 Å². The van der Waals surface area contributed by atoms with Crippen molar-refractivity contribution in [1.82, 2.24) is 0 Å². The number of carbonyl (C=O) groups is 2. The van der Waals surface area contributed by atoms with Crippen molar-refractivity contribution in [3.63, 3.8) is 0 Å². The Morgan fingerprint density at radius 1 is 0.913 bits per heavy atom. The van der Waals surface area contributed by atoms with Crippen LogP contribution in [0.4, 0.5) is 0 Å². The van der Waals surface area contributed by atoms with E-state index in [1.165, 1.54) is 0 Å². The molecular weight excluding hydrogens is 327 g/mol. The number of H-pyrrole nitrogens is 2. The molecular formula is C12H16N4O6P+. The average molecular weight is 343 g/mol. The highest BCUT2D eigenvalue weighted by Crippen LogP contribution is 1.89. The molecule has 0 saturated carbocycles. The first-order chi connectivity index (χ1) is 10.3. The lowest BCUT2D eigenvalue weighted by molar-refractivity contribution is -0.378. The minimum absolute atomic E-state index is 0. The molecule has 0 unspecified atom stereocenters. The van der Waals surface area contributed by atoms with Crippen LogP contribution in [0.25, 0.3) is 0 Å². The van der Waals surface area contributed by atoms with Crippen LogP contribution in [0.1, 0.15) is 20.7 Å². The number of aromatic nitrogens is 2. The molecule has 0 spiro atoms. The molecule has 2 aromatic heterocycles. The minimum Gasteiger partial charge on any atom is -0.598 e. The van der Waals surface area contributed by atoms with Gasteiger partial charge in [-0.05, 0) is 12.1 Å². The highest BCUT2D eigenvalue weighted by molar-refractivity contribution is 7.27. The maximum absolute atomic E-state index is 10.4. The fraction of sp³-hybridized carbons (Fsp3) is 0. The predicted octanol–water partition coefficient (Wildman–Crippen LogP) is -3.26. The number of primary amides is 2. The first-order valence-electron chi connectivity index (χ1n) is 5.68. The Morgan fingerprint density at radius 3 is 1.35 bits per heavy atom. The molecule has 0 radical (unpaired) electrons. The maximum atomic E-state index is 10.4. The first-order valence-corrected chi connectivity index (χ1v) is 6.77. The van der Waals surface area contributed by atoms with Crippen molar-refractivity contribution in [2.24, 2.45) is 11.5 Å². The molecule has 0 aliphatic heterocycles. The summed E-state index contributed by atoms with van der Waals surface area (Å²) in [5.74, 6) is -0.821. The minimum atomic E-state index is -3.37. The highest BCUT2D eigenvalue weighted by Gasteiger charge is 1.99. The first kappa shape index (κ1) is 22.5. The third-order valence-electron chi connectivity index (χ3n) is 1.98. The number of amides is 2. The number of pyridine rings is 2. The van der Waals surface area contributed by atoms with Gasteiger partial charge in [0.15, 0.2) is 24.8 Å². The largest absolute Gasteiger partial charge is 0.598 e. The Kier molecular flexibility index (Phi) is 12.6. The Hall–Kier alpha value is -2.78. The van der Waals surface area contributed by atoms with Crippen molar-refractivity contribution in [3.8, 4) is 0 Å². The third kappa shape index (κ3) is 12.7. The van der Waals surface area contributed by atoms with Crippen molar-refractivity contribution in [3.05, 3.63) is 60.2 Å². The van der Waals surface area contributed by atoms with Crippen LogP contribution < -0.4 is 31.2 Å². The maximum Gasteiger partial charge on any atom is 0.276 e. The zero-order chi connectivity index (χ0) is 17.0. The summed E-state index contributed by atoms with van der Waals surface area (Å²) in [6, 6.07) is 6.75. The Balaban J connectivity index is 0. The summed E-state index contributed by atoms with van der Waals surface area (Å²) in [5, 5.41) is 0. The van der Waals surface area contributed by atoms with Gasteiger partial charge < -0.3 is 26.7 Å². The number of nitrogens with one attached hydrogen (secondary N) is 2. The number of nitrogens with two attached hydrogens (primary N) is 2. The summed E-state index contributed by atoms with van der Waals surface area (Å²) in [7, 11) is -3.37. The Bertz CT molecular complexity index is 558. The topological polar surface area (TPSA) is 209 Å². The number of carbonyl (C=O) groups excluding carboxylic acids is 2. The quantitative estimate of drug-likeness (QED) is 0.536. The Labute approximate surface area is 132 Å². The van der Waals surface area contributed by atoms with Crippen LogP contribution >= 0.6 is 8.25 Å². The second-order valence-electron chi connectivity index (χ2n) is 3.54. The number of hydrogen-bond donors (Lipinski definition) is 2. The zero-order valence-electron chi connectivity index (χ0n) is 11.8. The third-order valence-corrected chi connectivity index (χ3v) is 1.98. The molecule has 10 nitrogen and oxygen atoms in total. The van der Waals surface area contributed by atoms with E-state index in [1.54, 1.807) is 49.1 Å². The van der Waals surface area contributed by atoms with Crippen LogP contribution in [0, 0.1) is 0 Å². The van der Waals surface area contributed by atoms with Gasteiger partial charge in [-0.1, -0.05) is 4.57 Å². The van der Waals surface area contributed by atoms with E-state index in [9.17, 15) is 9.59 Å². The average Bonchev–Trinajstić information content (AvgIpc) is 2.49. The molecule has 8 N–H and O–H groups in total. The van der Waals surface area contributed by atoms with E-state index in [0.717, 1.165) is 0 Å². The predicted molar refractivity (Wildman–Crippen MR) is 74.3 cm³/mol. The van der Waals surface area contributed by atoms with Gasteiger partial charge in [-0.15, -0.1) is 0 Å². The van der Waals surface area contributed by atoms with Crippen molar-refractivity contribution in [1.29, 1.82) is 0 Å². The standard InChI is InChI=1S/2C6H6N2O.HO3P.H2O/c2*7-6(9)5-2-1-3-8-4-5;1-4(2)3;/h2*1-4H,(H2,7,9);(H,1,2,3);1H2/p+1. The van der Waals surface area contributed by atoms with Gasteiger partial charge in [0.05, 0.1) is 0 Å². The molecule has 0 aliphatic carbocycles. The van der Waals surface area contributed by atoms with E-state index in [0.29, 0.717) is 11.1 Å². The second-order valence-corrected chi connectivity index (χ2v) is 3.98. The van der Waals surface area contributed by atoms with E-state index in [2.05, 4.69) is 9.97 Å². The van der Waals surface area contributed by atoms with Crippen LogP contribution in [0.3, 0.4) is 0 Å². The molecule has 0 aromatic carbocycles. The number of aromatic amines is 2. The van der Waals surface area contributed by atoms with Crippen molar-refractivity contribution >= 4 is 20.1 Å². The van der Waals surface area contributed by atoms with Gasteiger partial charge in [-0.2, -0.15) is 0 Å². The fourth-order valence-electron chi connectivity index (χ4n) is 1.09. The van der Waals surface area contributed by atoms with Crippen LogP contribution in [0.2, 0.25) is 0 Å². The van der Waals surface area contributed by atoms with Crippen molar-refractivity contribution in [2.75, 3.05) is 0 Å². The van der Waals surface area contributed by atoms with Gasteiger partial charge >= 0.3 is 0 Å². The zero-order valence-corrected chi connectivity index (χ0v) is 12.7. The summed E-state index contributed by atoms with van der Waals surface area (Å²) in [6.45, 7) is 0. The SMILES string of the molecule is NC(=O)c1ccc[nH+]c1.NC(=O)c1ccc[nH+]c1.O.O=[P+]([O-])[O-]. The molecule has 2 rings (SSSR count). The molecule has 11 heteroatoms. The van der Waals surface area contributed by atoms with Gasteiger partial charge in [0, 0.05) is 12.1 Å². The molecule has 0 atom stereocenters. The van der Waals surface area contributed by atoms with Crippen LogP contribution in [0.5, 0.6) is 0 Å². The van der Waals surface area contributed by atoms with Gasteiger partial charge in [0.2, 0.25) is 0 Å². The molecule has 0 saturated heterocycles. The van der Waals surface area contributed by atoms with Gasteiger partial charge in [0.1, 0.15) is 11.1 Å². The fourth-order valence-corrected chi connectivity index (χ4v) is 1.09. The molecule has 0 bridgehead atoms. The highest BCUT2D eigenvalue weighted by atomic mass is 31.1. The summed E-state index contributed by atoms with van der Waals surface area (Å²) < 4.78 is 8.48. The van der Waals surface area contributed by atoms with E-state index in [1.807, 2.05) is 0 Å². The van der Waals surface area contributed by atoms with Gasteiger partial charge in [-0.3, -0.25) is 9.59 Å². The normalized spacial score (nSPS) is 8.09.